The van der Waals surface area contributed by atoms with Crippen LogP contribution in [0.2, 0.25) is 0 Å². The number of aliphatic hydroxyl groups is 1. The molecule has 0 saturated heterocycles. The van der Waals surface area contributed by atoms with E-state index in [0.29, 0.717) is 6.54 Å². The summed E-state index contributed by atoms with van der Waals surface area (Å²) in [6.07, 6.45) is 7.15. The Morgan fingerprint density at radius 3 is 2.41 bits per heavy atom. The average Bonchev–Trinajstić information content (AvgIpc) is 3.25. The van der Waals surface area contributed by atoms with Gasteiger partial charge in [0.05, 0.1) is 6.54 Å². The molecule has 4 nitrogen and oxygen atoms in total. The van der Waals surface area contributed by atoms with E-state index in [1.165, 1.54) is 17.5 Å². The monoisotopic (exact) mass is 359 g/mol. The Kier molecular flexibility index (Phi) is 4.44. The number of benzene rings is 2. The Labute approximate surface area is 160 Å². The predicted octanol–water partition coefficient (Wildman–Crippen LogP) is 4.58. The summed E-state index contributed by atoms with van der Waals surface area (Å²) in [6, 6.07) is 18.9. The number of aromatic nitrogens is 3. The Hall–Kier alpha value is -2.72. The molecule has 27 heavy (non-hydrogen) atoms. The number of hydrogen-bond acceptors (Lipinski definition) is 3. The van der Waals surface area contributed by atoms with Crippen LogP contribution in [-0.2, 0) is 6.54 Å². The third-order valence-electron chi connectivity index (χ3n) is 5.89. The lowest BCUT2D eigenvalue weighted by atomic mass is 9.76. The van der Waals surface area contributed by atoms with E-state index in [-0.39, 0.29) is 5.41 Å². The summed E-state index contributed by atoms with van der Waals surface area (Å²) in [7, 11) is 0. The summed E-state index contributed by atoms with van der Waals surface area (Å²) in [5.74, 6) is 0. The Morgan fingerprint density at radius 2 is 1.74 bits per heavy atom. The highest BCUT2D eigenvalue weighted by atomic mass is 16.3. The fourth-order valence-electron chi connectivity index (χ4n) is 3.95. The first-order chi connectivity index (χ1) is 13.0. The van der Waals surface area contributed by atoms with Crippen LogP contribution in [0.5, 0.6) is 0 Å². The van der Waals surface area contributed by atoms with Gasteiger partial charge in [-0.25, -0.2) is 9.67 Å². The van der Waals surface area contributed by atoms with E-state index in [2.05, 4.69) is 78.5 Å². The molecule has 1 atom stereocenters. The number of hydrogen-bond donors (Lipinski definition) is 1. The maximum atomic E-state index is 11.6. The van der Waals surface area contributed by atoms with E-state index in [1.807, 2.05) is 6.07 Å². The molecule has 3 aromatic rings. The van der Waals surface area contributed by atoms with Crippen LogP contribution >= 0.6 is 0 Å². The molecular weight excluding hydrogens is 334 g/mol. The summed E-state index contributed by atoms with van der Waals surface area (Å²) in [5, 5.41) is 15.8. The van der Waals surface area contributed by atoms with Gasteiger partial charge in [0.15, 0.2) is 0 Å². The summed E-state index contributed by atoms with van der Waals surface area (Å²) in [4.78, 5) is 4.01. The van der Waals surface area contributed by atoms with Crippen LogP contribution in [0.25, 0.3) is 17.2 Å². The van der Waals surface area contributed by atoms with E-state index in [9.17, 15) is 5.11 Å². The van der Waals surface area contributed by atoms with Crippen LogP contribution in [-0.4, -0.2) is 25.5 Å². The Balaban J connectivity index is 1.64. The predicted molar refractivity (Wildman–Crippen MR) is 108 cm³/mol. The Bertz CT molecular complexity index is 928. The molecule has 1 aliphatic carbocycles. The van der Waals surface area contributed by atoms with Crippen molar-refractivity contribution in [3.05, 3.63) is 78.4 Å². The van der Waals surface area contributed by atoms with Gasteiger partial charge >= 0.3 is 0 Å². The van der Waals surface area contributed by atoms with Crippen LogP contribution in [0.1, 0.15) is 32.3 Å². The lowest BCUT2D eigenvalue weighted by Gasteiger charge is -2.37. The fourth-order valence-corrected chi connectivity index (χ4v) is 3.95. The highest BCUT2D eigenvalue weighted by molar-refractivity contribution is 5.66. The third kappa shape index (κ3) is 3.33. The highest BCUT2D eigenvalue weighted by Crippen LogP contribution is 2.50. The molecule has 0 aliphatic heterocycles. The lowest BCUT2D eigenvalue weighted by molar-refractivity contribution is -0.0298. The first kappa shape index (κ1) is 17.7. The van der Waals surface area contributed by atoms with Gasteiger partial charge in [-0.2, -0.15) is 5.10 Å². The minimum absolute atomic E-state index is 0.214. The maximum absolute atomic E-state index is 11.6. The van der Waals surface area contributed by atoms with Gasteiger partial charge in [0.2, 0.25) is 0 Å². The second-order valence-corrected chi connectivity index (χ2v) is 7.99. The molecule has 0 radical (unpaired) electrons. The number of nitrogens with zero attached hydrogens (tertiary/aromatic N) is 3. The summed E-state index contributed by atoms with van der Waals surface area (Å²) < 4.78 is 1.72. The van der Waals surface area contributed by atoms with Gasteiger partial charge in [0.25, 0.3) is 0 Å². The maximum Gasteiger partial charge on any atom is 0.137 e. The van der Waals surface area contributed by atoms with Crippen LogP contribution in [0.4, 0.5) is 0 Å². The van der Waals surface area contributed by atoms with Gasteiger partial charge < -0.3 is 5.11 Å². The number of rotatable bonds is 4. The molecule has 1 heterocycles. The average molecular weight is 359 g/mol. The van der Waals surface area contributed by atoms with Crippen molar-refractivity contribution in [1.29, 1.82) is 0 Å². The van der Waals surface area contributed by atoms with Gasteiger partial charge in [-0.3, -0.25) is 0 Å². The molecule has 2 aromatic carbocycles. The van der Waals surface area contributed by atoms with E-state index in [1.54, 1.807) is 11.0 Å². The summed E-state index contributed by atoms with van der Waals surface area (Å²) in [6.45, 7) is 4.68. The third-order valence-corrected chi connectivity index (χ3v) is 5.89. The highest BCUT2D eigenvalue weighted by Gasteiger charge is 2.51. The van der Waals surface area contributed by atoms with Crippen LogP contribution in [0.15, 0.2) is 72.8 Å². The van der Waals surface area contributed by atoms with Crippen molar-refractivity contribution in [3.63, 3.8) is 0 Å². The molecule has 4 heteroatoms. The van der Waals surface area contributed by atoms with Crippen LogP contribution in [0.3, 0.4) is 0 Å². The summed E-state index contributed by atoms with van der Waals surface area (Å²) >= 11 is 0. The molecule has 1 aliphatic rings. The SMILES string of the molecule is CC1(C)CC/C(=C/c2ccc(-c3ccccc3)cc2)C1(O)Cn1cncn1. The normalized spacial score (nSPS) is 23.0. The van der Waals surface area contributed by atoms with E-state index < -0.39 is 5.60 Å². The minimum Gasteiger partial charge on any atom is -0.383 e. The van der Waals surface area contributed by atoms with Crippen molar-refractivity contribution in [2.24, 2.45) is 5.41 Å². The Morgan fingerprint density at radius 1 is 1.04 bits per heavy atom. The van der Waals surface area contributed by atoms with Gasteiger partial charge in [-0.1, -0.05) is 74.5 Å². The minimum atomic E-state index is -0.932. The zero-order chi connectivity index (χ0) is 18.9. The quantitative estimate of drug-likeness (QED) is 0.742. The molecule has 4 rings (SSSR count). The van der Waals surface area contributed by atoms with Crippen molar-refractivity contribution in [3.8, 4) is 11.1 Å². The van der Waals surface area contributed by atoms with E-state index in [0.717, 1.165) is 24.0 Å². The zero-order valence-corrected chi connectivity index (χ0v) is 15.8. The van der Waals surface area contributed by atoms with Gasteiger partial charge in [0.1, 0.15) is 18.3 Å². The molecule has 1 N–H and O–H groups in total. The van der Waals surface area contributed by atoms with Gasteiger partial charge in [-0.05, 0) is 40.5 Å². The zero-order valence-electron chi connectivity index (χ0n) is 15.8. The van der Waals surface area contributed by atoms with Crippen LogP contribution in [0, 0.1) is 5.41 Å². The molecule has 138 valence electrons. The van der Waals surface area contributed by atoms with Crippen molar-refractivity contribution in [1.82, 2.24) is 14.8 Å². The lowest BCUT2D eigenvalue weighted by Crippen LogP contribution is -2.45. The van der Waals surface area contributed by atoms with Crippen LogP contribution < -0.4 is 0 Å². The molecular formula is C23H25N3O. The van der Waals surface area contributed by atoms with E-state index >= 15 is 0 Å². The largest absolute Gasteiger partial charge is 0.383 e. The smallest absolute Gasteiger partial charge is 0.137 e. The van der Waals surface area contributed by atoms with E-state index in [4.69, 9.17) is 0 Å². The molecule has 0 amide bonds. The second-order valence-electron chi connectivity index (χ2n) is 7.99. The van der Waals surface area contributed by atoms with Gasteiger partial charge in [0, 0.05) is 0 Å². The van der Waals surface area contributed by atoms with Crippen molar-refractivity contribution >= 4 is 6.08 Å². The van der Waals surface area contributed by atoms with Crippen molar-refractivity contribution in [2.75, 3.05) is 0 Å². The standard InChI is InChI=1S/C23H25N3O/c1-22(2)13-12-21(23(22,27)15-26-17-24-16-25-26)14-18-8-10-20(11-9-18)19-6-4-3-5-7-19/h3-11,14,16-17,27H,12-13,15H2,1-2H3/b21-14-. The second kappa shape index (κ2) is 6.78. The fraction of sp³-hybridized carbons (Fsp3) is 0.304. The van der Waals surface area contributed by atoms with Crippen molar-refractivity contribution in [2.45, 2.75) is 38.8 Å². The topological polar surface area (TPSA) is 50.9 Å². The molecule has 1 saturated carbocycles. The molecule has 1 unspecified atom stereocenters. The van der Waals surface area contributed by atoms with Gasteiger partial charge in [-0.15, -0.1) is 0 Å². The molecule has 0 bridgehead atoms. The first-order valence-corrected chi connectivity index (χ1v) is 9.39. The van der Waals surface area contributed by atoms with Crippen molar-refractivity contribution < 1.29 is 5.11 Å². The molecule has 0 spiro atoms. The molecule has 1 fully saturated rings. The summed E-state index contributed by atoms with van der Waals surface area (Å²) in [5.41, 5.74) is 3.44. The first-order valence-electron chi connectivity index (χ1n) is 9.39. The molecule has 1 aromatic heterocycles.